The van der Waals surface area contributed by atoms with Crippen molar-refractivity contribution < 1.29 is 15.0 Å². The smallest absolute Gasteiger partial charge is 0.257 e. The summed E-state index contributed by atoms with van der Waals surface area (Å²) in [6, 6.07) is 0. The molecule has 2 N–H and O–H groups in total. The van der Waals surface area contributed by atoms with Gasteiger partial charge in [0.2, 0.25) is 0 Å². The molecule has 1 fully saturated rings. The van der Waals surface area contributed by atoms with Crippen LogP contribution in [0.3, 0.4) is 0 Å². The van der Waals surface area contributed by atoms with E-state index in [1.165, 1.54) is 23.6 Å². The number of β-amino-alcohol motifs (C(OH)–C–C–N with tert-alkyl or cyclic N) is 2. The van der Waals surface area contributed by atoms with E-state index >= 15 is 0 Å². The second kappa shape index (κ2) is 3.92. The van der Waals surface area contributed by atoms with Gasteiger partial charge in [-0.1, -0.05) is 0 Å². The molecule has 0 bridgehead atoms. The summed E-state index contributed by atoms with van der Waals surface area (Å²) in [5.74, 6) is -0.272. The number of carbonyl (C=O) groups excluding carboxylic acids is 1. The van der Waals surface area contributed by atoms with Crippen LogP contribution in [0.15, 0.2) is 18.7 Å². The maximum Gasteiger partial charge on any atom is 0.257 e. The van der Waals surface area contributed by atoms with Crippen LogP contribution in [0.1, 0.15) is 10.4 Å². The number of likely N-dealkylation sites (tertiary alicyclic amines) is 1. The summed E-state index contributed by atoms with van der Waals surface area (Å²) in [6.45, 7) is 0.295. The summed E-state index contributed by atoms with van der Waals surface area (Å²) >= 11 is 0. The Morgan fingerprint density at radius 3 is 2.33 bits per heavy atom. The number of aromatic nitrogens is 2. The zero-order valence-corrected chi connectivity index (χ0v) is 7.95. The molecule has 6 nitrogen and oxygen atoms in total. The number of aliphatic hydroxyl groups excluding tert-OH is 2. The molecule has 1 saturated heterocycles. The number of rotatable bonds is 1. The van der Waals surface area contributed by atoms with Gasteiger partial charge in [0.05, 0.1) is 17.8 Å². The van der Waals surface area contributed by atoms with E-state index in [4.69, 9.17) is 0 Å². The van der Waals surface area contributed by atoms with Gasteiger partial charge in [-0.25, -0.2) is 9.97 Å². The third kappa shape index (κ3) is 1.95. The minimum atomic E-state index is -0.862. The first-order chi connectivity index (χ1) is 7.18. The van der Waals surface area contributed by atoms with E-state index in [0.717, 1.165) is 0 Å². The van der Waals surface area contributed by atoms with Crippen LogP contribution in [0.5, 0.6) is 0 Å². The molecule has 0 spiro atoms. The highest BCUT2D eigenvalue weighted by atomic mass is 16.3. The van der Waals surface area contributed by atoms with E-state index in [1.54, 1.807) is 0 Å². The molecule has 6 heteroatoms. The molecule has 1 aliphatic heterocycles. The lowest BCUT2D eigenvalue weighted by molar-refractivity contribution is 0.0572. The zero-order chi connectivity index (χ0) is 10.8. The minimum absolute atomic E-state index is 0.148. The lowest BCUT2D eigenvalue weighted by Crippen LogP contribution is -2.29. The molecule has 1 aromatic heterocycles. The van der Waals surface area contributed by atoms with Gasteiger partial charge in [0.15, 0.2) is 0 Å². The Morgan fingerprint density at radius 2 is 1.80 bits per heavy atom. The quantitative estimate of drug-likeness (QED) is 0.597. The first kappa shape index (κ1) is 10.0. The topological polar surface area (TPSA) is 86.6 Å². The number of nitrogens with zero attached hydrogens (tertiary/aromatic N) is 3. The fraction of sp³-hybridized carbons (Fsp3) is 0.444. The standard InChI is InChI=1S/C9H11N3O3/c13-7-3-12(4-8(7)14)9(15)6-1-10-5-11-2-6/h1-2,5,7-8,13-14H,3-4H2/t7-,8+. The number of carbonyl (C=O) groups is 1. The predicted molar refractivity (Wildman–Crippen MR) is 49.9 cm³/mol. The molecule has 0 saturated carbocycles. The van der Waals surface area contributed by atoms with E-state index in [1.807, 2.05) is 0 Å². The molecule has 2 atom stereocenters. The van der Waals surface area contributed by atoms with Crippen molar-refractivity contribution in [1.82, 2.24) is 14.9 Å². The monoisotopic (exact) mass is 209 g/mol. The summed E-state index contributed by atoms with van der Waals surface area (Å²) in [6.07, 6.45) is 2.43. The van der Waals surface area contributed by atoms with Crippen molar-refractivity contribution in [2.45, 2.75) is 12.2 Å². The number of hydrogen-bond acceptors (Lipinski definition) is 5. The SMILES string of the molecule is O=C(c1cncnc1)N1C[C@@H](O)[C@@H](O)C1. The van der Waals surface area contributed by atoms with Crippen molar-refractivity contribution >= 4 is 5.91 Å². The van der Waals surface area contributed by atoms with Crippen LogP contribution in [0.2, 0.25) is 0 Å². The third-order valence-corrected chi connectivity index (χ3v) is 2.35. The van der Waals surface area contributed by atoms with E-state index in [2.05, 4.69) is 9.97 Å². The molecule has 0 aliphatic carbocycles. The second-order valence-electron chi connectivity index (χ2n) is 3.47. The summed E-state index contributed by atoms with van der Waals surface area (Å²) in [5.41, 5.74) is 0.360. The molecule has 15 heavy (non-hydrogen) atoms. The van der Waals surface area contributed by atoms with Crippen molar-refractivity contribution in [3.8, 4) is 0 Å². The van der Waals surface area contributed by atoms with E-state index < -0.39 is 12.2 Å². The van der Waals surface area contributed by atoms with E-state index in [0.29, 0.717) is 5.56 Å². The van der Waals surface area contributed by atoms with Crippen molar-refractivity contribution in [2.24, 2.45) is 0 Å². The van der Waals surface area contributed by atoms with Crippen LogP contribution in [-0.4, -0.2) is 56.3 Å². The Balaban J connectivity index is 2.10. The molecule has 0 unspecified atom stereocenters. The zero-order valence-electron chi connectivity index (χ0n) is 7.95. The molecule has 1 amide bonds. The molecule has 80 valence electrons. The minimum Gasteiger partial charge on any atom is -0.388 e. The molecular weight excluding hydrogens is 198 g/mol. The van der Waals surface area contributed by atoms with Crippen LogP contribution in [0, 0.1) is 0 Å². The molecule has 1 aromatic rings. The Bertz CT molecular complexity index is 347. The van der Waals surface area contributed by atoms with E-state index in [9.17, 15) is 15.0 Å². The fourth-order valence-electron chi connectivity index (χ4n) is 1.53. The maximum atomic E-state index is 11.8. The fourth-order valence-corrected chi connectivity index (χ4v) is 1.53. The van der Waals surface area contributed by atoms with Gasteiger partial charge in [-0.15, -0.1) is 0 Å². The van der Waals surface area contributed by atoms with Gasteiger partial charge in [0.1, 0.15) is 6.33 Å². The maximum absolute atomic E-state index is 11.8. The molecule has 1 aliphatic rings. The summed E-state index contributed by atoms with van der Waals surface area (Å²) < 4.78 is 0. The van der Waals surface area contributed by atoms with Gasteiger partial charge in [-0.05, 0) is 0 Å². The molecule has 0 radical (unpaired) electrons. The lowest BCUT2D eigenvalue weighted by Gasteiger charge is -2.14. The summed E-state index contributed by atoms with van der Waals surface area (Å²) in [7, 11) is 0. The van der Waals surface area contributed by atoms with Crippen LogP contribution >= 0.6 is 0 Å². The van der Waals surface area contributed by atoms with Gasteiger partial charge >= 0.3 is 0 Å². The van der Waals surface area contributed by atoms with Crippen molar-refractivity contribution in [2.75, 3.05) is 13.1 Å². The predicted octanol–water partition coefficient (Wildman–Crippen LogP) is -1.35. The van der Waals surface area contributed by atoms with Crippen LogP contribution in [-0.2, 0) is 0 Å². The van der Waals surface area contributed by atoms with Crippen LogP contribution in [0.25, 0.3) is 0 Å². The molecular formula is C9H11N3O3. The molecule has 2 rings (SSSR count). The van der Waals surface area contributed by atoms with Gasteiger partial charge in [0.25, 0.3) is 5.91 Å². The Hall–Kier alpha value is -1.53. The second-order valence-corrected chi connectivity index (χ2v) is 3.47. The van der Waals surface area contributed by atoms with Crippen molar-refractivity contribution in [1.29, 1.82) is 0 Å². The average molecular weight is 209 g/mol. The lowest BCUT2D eigenvalue weighted by atomic mass is 10.3. The first-order valence-electron chi connectivity index (χ1n) is 4.59. The third-order valence-electron chi connectivity index (χ3n) is 2.35. The van der Waals surface area contributed by atoms with Gasteiger partial charge in [0, 0.05) is 25.5 Å². The van der Waals surface area contributed by atoms with E-state index in [-0.39, 0.29) is 19.0 Å². The van der Waals surface area contributed by atoms with Crippen LogP contribution in [0.4, 0.5) is 0 Å². The highest BCUT2D eigenvalue weighted by Crippen LogP contribution is 2.12. The summed E-state index contributed by atoms with van der Waals surface area (Å²) in [4.78, 5) is 20.6. The normalized spacial score (nSPS) is 25.6. The van der Waals surface area contributed by atoms with Gasteiger partial charge in [-0.2, -0.15) is 0 Å². The average Bonchev–Trinajstić information content (AvgIpc) is 2.59. The van der Waals surface area contributed by atoms with Crippen molar-refractivity contribution in [3.05, 3.63) is 24.3 Å². The Labute approximate surface area is 86.2 Å². The van der Waals surface area contributed by atoms with Gasteiger partial charge < -0.3 is 15.1 Å². The largest absolute Gasteiger partial charge is 0.388 e. The molecule has 0 aromatic carbocycles. The number of hydrogen-bond donors (Lipinski definition) is 2. The first-order valence-corrected chi connectivity index (χ1v) is 4.59. The highest BCUT2D eigenvalue weighted by molar-refractivity contribution is 5.93. The number of amides is 1. The Morgan fingerprint density at radius 1 is 1.27 bits per heavy atom. The number of aliphatic hydroxyl groups is 2. The highest BCUT2D eigenvalue weighted by Gasteiger charge is 2.32. The van der Waals surface area contributed by atoms with Crippen molar-refractivity contribution in [3.63, 3.8) is 0 Å². The molecule has 2 heterocycles. The van der Waals surface area contributed by atoms with Crippen LogP contribution < -0.4 is 0 Å². The Kier molecular flexibility index (Phi) is 2.61. The van der Waals surface area contributed by atoms with Gasteiger partial charge in [-0.3, -0.25) is 4.79 Å². The summed E-state index contributed by atoms with van der Waals surface area (Å²) in [5, 5.41) is 18.6.